The maximum atomic E-state index is 12.3. The number of phosphoric ester groups is 2. The Morgan fingerprint density at radius 1 is 0.956 bits per heavy atom. The van der Waals surface area contributed by atoms with E-state index in [0.717, 1.165) is 17.4 Å². The van der Waals surface area contributed by atoms with Gasteiger partial charge in [-0.25, -0.2) is 19.3 Å². The Balaban J connectivity index is 1.15. The monoisotopic (exact) mass is 681 g/mol. The average molecular weight is 681 g/mol. The summed E-state index contributed by atoms with van der Waals surface area (Å²) < 4.78 is 49.8. The minimum absolute atomic E-state index is 0.0297. The molecular formula is C21H29N7O15P2-2. The number of carbonyl (C=O) groups excluding carboxylic acids is 1. The number of primary amides is 1. The third kappa shape index (κ3) is 7.04. The van der Waals surface area contributed by atoms with Gasteiger partial charge < -0.3 is 70.2 Å². The molecule has 0 saturated carbocycles. The van der Waals surface area contributed by atoms with Crippen LogP contribution in [0.25, 0.3) is 11.2 Å². The number of nitrogens with two attached hydrogens (primary N) is 2. The standard InChI is InChI=1S/C21H31N7O15P2/c22-17-12-19(25-6-24-17)28(7-26-12)21-16(33)14(31)10(42-21)5-40-45(37,38)43-44(35,36)39-4-9-13(30)15(32)20(41-9)27-3-8(18(23)34)1-2-11(27)29/h3,6-7,9-11,13-16,20-21,29-33H,1-2,4-5H2,(H2,23,34)(H,35,36)(H,37,38)(H2,22,24,25)/p-2/t9-,10-,11?,13-,14-,15-,16-,20-,21-/m1/s1. The maximum Gasteiger partial charge on any atom is 0.274 e. The van der Waals surface area contributed by atoms with E-state index in [2.05, 4.69) is 28.3 Å². The van der Waals surface area contributed by atoms with Gasteiger partial charge in [-0.3, -0.25) is 18.5 Å². The number of fused-ring (bicyclic) bond motifs is 1. The van der Waals surface area contributed by atoms with E-state index in [4.69, 9.17) is 20.9 Å². The van der Waals surface area contributed by atoms with E-state index in [1.807, 2.05) is 0 Å². The number of carbonyl (C=O) groups is 1. The third-order valence-electron chi connectivity index (χ3n) is 7.26. The normalized spacial score (nSPS) is 34.9. The molecule has 45 heavy (non-hydrogen) atoms. The molecule has 22 nitrogen and oxygen atoms in total. The fourth-order valence-corrected chi connectivity index (χ4v) is 6.98. The number of hydrogen-bond acceptors (Lipinski definition) is 20. The SMILES string of the molecule is NC(=O)C1=CN([C@@H]2O[C@H](COP(=O)([O-])OP(=O)([O-])OC[C@H]3O[C@@H](n4cnc5c(N)ncnc54)[C@H](O)[C@@H]3O)[C@@H](O)[C@H]2O)C(O)CC1. The Kier molecular flexibility index (Phi) is 9.63. The highest BCUT2D eigenvalue weighted by Gasteiger charge is 2.48. The molecule has 3 aliphatic heterocycles. The lowest BCUT2D eigenvalue weighted by molar-refractivity contribution is -0.247. The summed E-state index contributed by atoms with van der Waals surface area (Å²) in [7, 11) is -11.4. The van der Waals surface area contributed by atoms with Gasteiger partial charge in [-0.05, 0) is 12.8 Å². The van der Waals surface area contributed by atoms with Gasteiger partial charge in [0.05, 0.1) is 19.5 Å². The number of aliphatic hydroxyl groups excluding tert-OH is 5. The van der Waals surface area contributed by atoms with Gasteiger partial charge in [-0.15, -0.1) is 0 Å². The zero-order valence-electron chi connectivity index (χ0n) is 22.9. The number of anilines is 1. The van der Waals surface area contributed by atoms with Crippen molar-refractivity contribution in [3.8, 4) is 0 Å². The Hall–Kier alpha value is -2.66. The van der Waals surface area contributed by atoms with Crippen molar-refractivity contribution in [1.82, 2.24) is 24.4 Å². The number of ether oxygens (including phenoxy) is 2. The predicted molar refractivity (Wildman–Crippen MR) is 139 cm³/mol. The van der Waals surface area contributed by atoms with E-state index in [9.17, 15) is 49.2 Å². The van der Waals surface area contributed by atoms with Gasteiger partial charge in [0.25, 0.3) is 15.6 Å². The minimum Gasteiger partial charge on any atom is -0.756 e. The first kappa shape index (κ1) is 33.7. The van der Waals surface area contributed by atoms with E-state index in [-0.39, 0.29) is 35.4 Å². The van der Waals surface area contributed by atoms with Crippen LogP contribution in [0.15, 0.2) is 24.4 Å². The van der Waals surface area contributed by atoms with Gasteiger partial charge in [-0.1, -0.05) is 0 Å². The van der Waals surface area contributed by atoms with Crippen molar-refractivity contribution in [3.05, 3.63) is 24.4 Å². The zero-order chi connectivity index (χ0) is 32.8. The predicted octanol–water partition coefficient (Wildman–Crippen LogP) is -4.76. The maximum absolute atomic E-state index is 12.3. The van der Waals surface area contributed by atoms with E-state index in [1.165, 1.54) is 10.9 Å². The molecule has 250 valence electrons. The fourth-order valence-electron chi connectivity index (χ4n) is 4.96. The quantitative estimate of drug-likeness (QED) is 0.109. The van der Waals surface area contributed by atoms with Gasteiger partial charge in [-0.2, -0.15) is 0 Å². The molecule has 0 bridgehead atoms. The van der Waals surface area contributed by atoms with Crippen LogP contribution in [0, 0.1) is 0 Å². The summed E-state index contributed by atoms with van der Waals surface area (Å²) in [5, 5.41) is 51.9. The Labute approximate surface area is 252 Å². The molecule has 5 heterocycles. The number of nitrogen functional groups attached to an aromatic ring is 1. The third-order valence-corrected chi connectivity index (χ3v) is 9.79. The Morgan fingerprint density at radius 3 is 2.13 bits per heavy atom. The van der Waals surface area contributed by atoms with Gasteiger partial charge >= 0.3 is 0 Å². The summed E-state index contributed by atoms with van der Waals surface area (Å²) >= 11 is 0. The molecule has 0 spiro atoms. The highest BCUT2D eigenvalue weighted by molar-refractivity contribution is 7.59. The molecule has 9 N–H and O–H groups in total. The van der Waals surface area contributed by atoms with Crippen molar-refractivity contribution >= 4 is 38.5 Å². The number of nitrogens with zero attached hydrogens (tertiary/aromatic N) is 5. The van der Waals surface area contributed by atoms with Crippen LogP contribution in [-0.2, 0) is 36.8 Å². The summed E-state index contributed by atoms with van der Waals surface area (Å²) in [6.45, 7) is -2.05. The number of rotatable bonds is 11. The van der Waals surface area contributed by atoms with Crippen molar-refractivity contribution in [3.63, 3.8) is 0 Å². The van der Waals surface area contributed by atoms with Crippen LogP contribution < -0.4 is 21.3 Å². The van der Waals surface area contributed by atoms with E-state index in [1.54, 1.807) is 0 Å². The van der Waals surface area contributed by atoms with Crippen LogP contribution in [0.2, 0.25) is 0 Å². The molecule has 2 aromatic heterocycles. The summed E-state index contributed by atoms with van der Waals surface area (Å²) in [5.41, 5.74) is 11.4. The smallest absolute Gasteiger partial charge is 0.274 e. The molecular weight excluding hydrogens is 652 g/mol. The summed E-state index contributed by atoms with van der Waals surface area (Å²) in [6.07, 6.45) is -10.3. The van der Waals surface area contributed by atoms with E-state index < -0.39 is 90.1 Å². The van der Waals surface area contributed by atoms with Crippen LogP contribution in [-0.4, -0.2) is 118 Å². The Morgan fingerprint density at radius 2 is 1.53 bits per heavy atom. The molecule has 24 heteroatoms. The fraction of sp³-hybridized carbons (Fsp3) is 0.619. The van der Waals surface area contributed by atoms with E-state index in [0.29, 0.717) is 0 Å². The van der Waals surface area contributed by atoms with E-state index >= 15 is 0 Å². The molecule has 1 amide bonds. The van der Waals surface area contributed by atoms with Crippen molar-refractivity contribution in [1.29, 1.82) is 0 Å². The minimum atomic E-state index is -5.72. The second-order valence-electron chi connectivity index (χ2n) is 10.2. The van der Waals surface area contributed by atoms with Crippen LogP contribution in [0.1, 0.15) is 19.1 Å². The second-order valence-corrected chi connectivity index (χ2v) is 13.2. The lowest BCUT2D eigenvalue weighted by atomic mass is 10.0. The van der Waals surface area contributed by atoms with Crippen molar-refractivity contribution in [2.24, 2.45) is 5.73 Å². The number of imidazole rings is 1. The summed E-state index contributed by atoms with van der Waals surface area (Å²) in [5.74, 6) is -0.756. The van der Waals surface area contributed by atoms with Gasteiger partial charge in [0.2, 0.25) is 5.91 Å². The summed E-state index contributed by atoms with van der Waals surface area (Å²) in [4.78, 5) is 48.9. The van der Waals surface area contributed by atoms with Gasteiger partial charge in [0, 0.05) is 11.8 Å². The molecule has 0 aliphatic carbocycles. The van der Waals surface area contributed by atoms with Crippen molar-refractivity contribution < 1.29 is 72.1 Å². The van der Waals surface area contributed by atoms with Crippen molar-refractivity contribution in [2.75, 3.05) is 18.9 Å². The Bertz CT molecular complexity index is 1550. The van der Waals surface area contributed by atoms with Crippen LogP contribution >= 0.6 is 15.6 Å². The first-order valence-electron chi connectivity index (χ1n) is 13.1. The molecule has 0 radical (unpaired) electrons. The molecule has 5 rings (SSSR count). The molecule has 3 unspecified atom stereocenters. The topological polar surface area (TPSA) is 344 Å². The molecule has 2 fully saturated rings. The highest BCUT2D eigenvalue weighted by atomic mass is 31.3. The number of phosphoric acid groups is 2. The summed E-state index contributed by atoms with van der Waals surface area (Å²) in [6, 6.07) is 0. The first-order chi connectivity index (χ1) is 21.1. The number of aliphatic hydroxyl groups is 5. The molecule has 11 atom stereocenters. The van der Waals surface area contributed by atoms with Crippen LogP contribution in [0.4, 0.5) is 5.82 Å². The largest absolute Gasteiger partial charge is 0.756 e. The van der Waals surface area contributed by atoms with Gasteiger partial charge in [0.1, 0.15) is 54.7 Å². The average Bonchev–Trinajstić information content (AvgIpc) is 3.61. The number of amides is 1. The lowest BCUT2D eigenvalue weighted by Crippen LogP contribution is -2.48. The number of hydrogen-bond donors (Lipinski definition) is 7. The highest BCUT2D eigenvalue weighted by Crippen LogP contribution is 2.56. The number of aromatic nitrogens is 4. The second kappa shape index (κ2) is 12.9. The lowest BCUT2D eigenvalue weighted by Gasteiger charge is -2.36. The molecule has 2 saturated heterocycles. The van der Waals surface area contributed by atoms with Crippen molar-refractivity contribution in [2.45, 2.75) is 68.1 Å². The molecule has 3 aliphatic rings. The molecule has 0 aromatic carbocycles. The molecule has 2 aromatic rings. The zero-order valence-corrected chi connectivity index (χ0v) is 24.6. The van der Waals surface area contributed by atoms with Crippen LogP contribution in [0.3, 0.4) is 0 Å². The van der Waals surface area contributed by atoms with Crippen LogP contribution in [0.5, 0.6) is 0 Å². The first-order valence-corrected chi connectivity index (χ1v) is 16.1. The van der Waals surface area contributed by atoms with Gasteiger partial charge in [0.15, 0.2) is 23.9 Å².